The van der Waals surface area contributed by atoms with E-state index in [-0.39, 0.29) is 11.9 Å². The number of benzene rings is 1. The summed E-state index contributed by atoms with van der Waals surface area (Å²) < 4.78 is 32.4. The van der Waals surface area contributed by atoms with E-state index in [1.165, 1.54) is 12.8 Å². The Morgan fingerprint density at radius 2 is 1.95 bits per heavy atom. The molecule has 1 aliphatic carbocycles. The zero-order valence-corrected chi connectivity index (χ0v) is 14.8. The van der Waals surface area contributed by atoms with Crippen LogP contribution in [0.15, 0.2) is 22.7 Å². The molecule has 1 saturated carbocycles. The number of anilines is 1. The molecule has 0 saturated heterocycles. The van der Waals surface area contributed by atoms with E-state index in [1.54, 1.807) is 19.1 Å². The predicted octanol–water partition coefficient (Wildman–Crippen LogP) is 4.17. The number of hydrogen-bond donors (Lipinski definition) is 1. The van der Waals surface area contributed by atoms with Gasteiger partial charge in [-0.2, -0.15) is 0 Å². The highest BCUT2D eigenvalue weighted by Gasteiger charge is 2.20. The van der Waals surface area contributed by atoms with Crippen LogP contribution in [-0.2, 0) is 10.0 Å². The second-order valence-corrected chi connectivity index (χ2v) is 8.52. The van der Waals surface area contributed by atoms with Gasteiger partial charge >= 0.3 is 0 Å². The van der Waals surface area contributed by atoms with Gasteiger partial charge in [0.2, 0.25) is 10.0 Å². The van der Waals surface area contributed by atoms with Gasteiger partial charge in [0.25, 0.3) is 0 Å². The van der Waals surface area contributed by atoms with Crippen LogP contribution in [0.5, 0.6) is 5.75 Å². The third-order valence-corrected chi connectivity index (χ3v) is 5.77. The van der Waals surface area contributed by atoms with Crippen molar-refractivity contribution in [1.82, 2.24) is 0 Å². The molecule has 1 fully saturated rings. The van der Waals surface area contributed by atoms with Gasteiger partial charge in [-0.15, -0.1) is 0 Å². The fourth-order valence-electron chi connectivity index (χ4n) is 2.44. The van der Waals surface area contributed by atoms with Gasteiger partial charge < -0.3 is 4.74 Å². The molecular weight excluding hydrogens is 354 g/mol. The van der Waals surface area contributed by atoms with Crippen LogP contribution in [0.3, 0.4) is 0 Å². The molecule has 118 valence electrons. The molecule has 0 unspecified atom stereocenters. The van der Waals surface area contributed by atoms with Crippen molar-refractivity contribution in [3.8, 4) is 5.75 Å². The Hall–Kier alpha value is -0.750. The van der Waals surface area contributed by atoms with Crippen molar-refractivity contribution in [3.05, 3.63) is 22.7 Å². The molecule has 0 bridgehead atoms. The van der Waals surface area contributed by atoms with Gasteiger partial charge in [-0.25, -0.2) is 8.42 Å². The lowest BCUT2D eigenvalue weighted by Gasteiger charge is -2.27. The number of nitrogens with one attached hydrogen (secondary N) is 1. The van der Waals surface area contributed by atoms with E-state index in [4.69, 9.17) is 4.74 Å². The van der Waals surface area contributed by atoms with Gasteiger partial charge in [-0.1, -0.05) is 6.92 Å². The molecule has 1 N–H and O–H groups in total. The predicted molar refractivity (Wildman–Crippen MR) is 89.3 cm³/mol. The first-order chi connectivity index (χ1) is 9.89. The highest BCUT2D eigenvalue weighted by molar-refractivity contribution is 9.10. The van der Waals surface area contributed by atoms with E-state index >= 15 is 0 Å². The van der Waals surface area contributed by atoms with Crippen LogP contribution in [0, 0.1) is 5.92 Å². The summed E-state index contributed by atoms with van der Waals surface area (Å²) in [6, 6.07) is 5.29. The Bertz CT molecular complexity index is 581. The van der Waals surface area contributed by atoms with Crippen LogP contribution in [0.4, 0.5) is 5.69 Å². The van der Waals surface area contributed by atoms with E-state index in [9.17, 15) is 8.42 Å². The highest BCUT2D eigenvalue weighted by atomic mass is 79.9. The summed E-state index contributed by atoms with van der Waals surface area (Å²) in [7, 11) is -3.25. The molecule has 1 aromatic rings. The maximum Gasteiger partial charge on any atom is 0.232 e. The lowest BCUT2D eigenvalue weighted by atomic mass is 9.89. The summed E-state index contributed by atoms with van der Waals surface area (Å²) in [5, 5.41) is 0. The molecular formula is C15H22BrNO3S. The molecule has 0 atom stereocenters. The van der Waals surface area contributed by atoms with Crippen LogP contribution < -0.4 is 9.46 Å². The number of halogens is 1. The average molecular weight is 376 g/mol. The van der Waals surface area contributed by atoms with Gasteiger partial charge in [0.1, 0.15) is 5.75 Å². The molecule has 1 aliphatic rings. The smallest absolute Gasteiger partial charge is 0.232 e. The SMILES string of the molecule is CCS(=O)(=O)Nc1ccc(OC2CCC(C)CC2)c(Br)c1. The van der Waals surface area contributed by atoms with Gasteiger partial charge in [0, 0.05) is 5.69 Å². The number of sulfonamides is 1. The molecule has 0 aromatic heterocycles. The Balaban J connectivity index is 2.02. The first-order valence-electron chi connectivity index (χ1n) is 7.36. The molecule has 0 radical (unpaired) electrons. The third kappa shape index (κ3) is 4.88. The molecule has 0 spiro atoms. The fraction of sp³-hybridized carbons (Fsp3) is 0.600. The van der Waals surface area contributed by atoms with Crippen molar-refractivity contribution >= 4 is 31.6 Å². The lowest BCUT2D eigenvalue weighted by molar-refractivity contribution is 0.134. The van der Waals surface area contributed by atoms with Gasteiger partial charge in [-0.3, -0.25) is 4.72 Å². The first kappa shape index (κ1) is 16.6. The number of hydrogen-bond acceptors (Lipinski definition) is 3. The molecule has 21 heavy (non-hydrogen) atoms. The van der Waals surface area contributed by atoms with Crippen molar-refractivity contribution in [3.63, 3.8) is 0 Å². The largest absolute Gasteiger partial charge is 0.489 e. The average Bonchev–Trinajstić information content (AvgIpc) is 2.44. The van der Waals surface area contributed by atoms with Crippen LogP contribution in [0.1, 0.15) is 39.5 Å². The second kappa shape index (κ2) is 7.01. The Labute approximate surface area is 135 Å². The summed E-state index contributed by atoms with van der Waals surface area (Å²) in [6.45, 7) is 3.89. The molecule has 0 aliphatic heterocycles. The number of rotatable bonds is 5. The summed E-state index contributed by atoms with van der Waals surface area (Å²) >= 11 is 3.46. The molecule has 0 amide bonds. The molecule has 6 heteroatoms. The molecule has 0 heterocycles. The van der Waals surface area contributed by atoms with E-state index in [0.717, 1.165) is 29.0 Å². The van der Waals surface area contributed by atoms with Crippen molar-refractivity contribution in [2.75, 3.05) is 10.5 Å². The summed E-state index contributed by atoms with van der Waals surface area (Å²) in [6.07, 6.45) is 4.83. The van der Waals surface area contributed by atoms with Crippen molar-refractivity contribution in [1.29, 1.82) is 0 Å². The van der Waals surface area contributed by atoms with Crippen LogP contribution in [0.25, 0.3) is 0 Å². The first-order valence-corrected chi connectivity index (χ1v) is 9.81. The van der Waals surface area contributed by atoms with Gasteiger partial charge in [0.15, 0.2) is 0 Å². The minimum Gasteiger partial charge on any atom is -0.489 e. The normalized spacial score (nSPS) is 22.8. The maximum atomic E-state index is 11.6. The van der Waals surface area contributed by atoms with E-state index in [2.05, 4.69) is 27.6 Å². The Morgan fingerprint density at radius 1 is 1.29 bits per heavy atom. The van der Waals surface area contributed by atoms with E-state index in [0.29, 0.717) is 5.69 Å². The summed E-state index contributed by atoms with van der Waals surface area (Å²) in [5.41, 5.74) is 0.549. The van der Waals surface area contributed by atoms with Crippen molar-refractivity contribution in [2.24, 2.45) is 5.92 Å². The van der Waals surface area contributed by atoms with E-state index in [1.807, 2.05) is 6.07 Å². The minimum atomic E-state index is -3.25. The standard InChI is InChI=1S/C15H22BrNO3S/c1-3-21(18,19)17-12-6-9-15(14(16)10-12)20-13-7-4-11(2)5-8-13/h6,9-11,13,17H,3-5,7-8H2,1-2H3. The molecule has 2 rings (SSSR count). The molecule has 1 aromatic carbocycles. The summed E-state index contributed by atoms with van der Waals surface area (Å²) in [5.74, 6) is 1.62. The van der Waals surface area contributed by atoms with Gasteiger partial charge in [0.05, 0.1) is 16.3 Å². The zero-order valence-electron chi connectivity index (χ0n) is 12.4. The van der Waals surface area contributed by atoms with Gasteiger partial charge in [-0.05, 0) is 72.7 Å². The Morgan fingerprint density at radius 3 is 2.52 bits per heavy atom. The topological polar surface area (TPSA) is 55.4 Å². The number of ether oxygens (including phenoxy) is 1. The molecule has 4 nitrogen and oxygen atoms in total. The zero-order chi connectivity index (χ0) is 15.5. The lowest BCUT2D eigenvalue weighted by Crippen LogP contribution is -2.23. The van der Waals surface area contributed by atoms with Crippen LogP contribution in [-0.4, -0.2) is 20.3 Å². The Kier molecular flexibility index (Phi) is 5.54. The van der Waals surface area contributed by atoms with E-state index < -0.39 is 10.0 Å². The maximum absolute atomic E-state index is 11.6. The third-order valence-electron chi connectivity index (χ3n) is 3.84. The quantitative estimate of drug-likeness (QED) is 0.839. The summed E-state index contributed by atoms with van der Waals surface area (Å²) in [4.78, 5) is 0. The second-order valence-electron chi connectivity index (χ2n) is 5.65. The van der Waals surface area contributed by atoms with Crippen LogP contribution in [0.2, 0.25) is 0 Å². The minimum absolute atomic E-state index is 0.0587. The highest BCUT2D eigenvalue weighted by Crippen LogP contribution is 2.33. The monoisotopic (exact) mass is 375 g/mol. The van der Waals surface area contributed by atoms with Crippen LogP contribution >= 0.6 is 15.9 Å². The fourth-order valence-corrected chi connectivity index (χ4v) is 3.54. The van der Waals surface area contributed by atoms with Crippen molar-refractivity contribution in [2.45, 2.75) is 45.6 Å². The van der Waals surface area contributed by atoms with Crippen molar-refractivity contribution < 1.29 is 13.2 Å².